The fraction of sp³-hybridized carbons (Fsp3) is 0.409. The van der Waals surface area contributed by atoms with Crippen LogP contribution in [0.3, 0.4) is 0 Å². The minimum absolute atomic E-state index is 0.0585. The highest BCUT2D eigenvalue weighted by molar-refractivity contribution is 5.84. The smallest absolute Gasteiger partial charge is 0.163 e. The maximum absolute atomic E-state index is 11.2. The van der Waals surface area contributed by atoms with Crippen molar-refractivity contribution in [3.63, 3.8) is 0 Å². The Morgan fingerprint density at radius 3 is 2.46 bits per heavy atom. The van der Waals surface area contributed by atoms with Crippen molar-refractivity contribution in [1.29, 1.82) is 0 Å². The van der Waals surface area contributed by atoms with Crippen molar-refractivity contribution in [2.45, 2.75) is 46.5 Å². The predicted octanol–water partition coefficient (Wildman–Crippen LogP) is 4.62. The lowest BCUT2D eigenvalue weighted by Crippen LogP contribution is -2.25. The van der Waals surface area contributed by atoms with Crippen molar-refractivity contribution in [3.05, 3.63) is 52.6 Å². The number of hydrogen-bond donors (Lipinski definition) is 0. The van der Waals surface area contributed by atoms with Crippen LogP contribution >= 0.6 is 0 Å². The average molecular weight is 354 g/mol. The molecule has 1 atom stereocenters. The number of carbonyl (C=O) groups is 1. The van der Waals surface area contributed by atoms with E-state index in [1.165, 1.54) is 0 Å². The molecular weight excluding hydrogens is 328 g/mol. The molecule has 0 aliphatic carbocycles. The van der Waals surface area contributed by atoms with Gasteiger partial charge in [-0.2, -0.15) is 0 Å². The zero-order valence-corrected chi connectivity index (χ0v) is 16.1. The third-order valence-electron chi connectivity index (χ3n) is 4.78. The lowest BCUT2D eigenvalue weighted by molar-refractivity contribution is -0.141. The van der Waals surface area contributed by atoms with Gasteiger partial charge in [-0.15, -0.1) is 0 Å². The molecule has 0 unspecified atom stereocenters. The van der Waals surface area contributed by atoms with E-state index < -0.39 is 5.79 Å². The Labute approximate surface area is 155 Å². The van der Waals surface area contributed by atoms with Gasteiger partial charge in [-0.05, 0) is 74.6 Å². The average Bonchev–Trinajstić information content (AvgIpc) is 2.93. The second kappa shape index (κ2) is 7.22. The summed E-state index contributed by atoms with van der Waals surface area (Å²) in [6.45, 7) is 10.9. The second-order valence-electron chi connectivity index (χ2n) is 7.33. The van der Waals surface area contributed by atoms with E-state index in [2.05, 4.69) is 19.9 Å². The van der Waals surface area contributed by atoms with Gasteiger partial charge in [0.2, 0.25) is 0 Å². The molecule has 26 heavy (non-hydrogen) atoms. The third-order valence-corrected chi connectivity index (χ3v) is 4.78. The van der Waals surface area contributed by atoms with E-state index >= 15 is 0 Å². The summed E-state index contributed by atoms with van der Waals surface area (Å²) in [5.41, 5.74) is 6.21. The van der Waals surface area contributed by atoms with Crippen molar-refractivity contribution in [2.24, 2.45) is 0 Å². The van der Waals surface area contributed by atoms with Crippen molar-refractivity contribution in [3.8, 4) is 16.9 Å². The van der Waals surface area contributed by atoms with Crippen molar-refractivity contribution < 1.29 is 19.0 Å². The molecule has 0 radical (unpaired) electrons. The van der Waals surface area contributed by atoms with Gasteiger partial charge in [0.25, 0.3) is 0 Å². The van der Waals surface area contributed by atoms with Gasteiger partial charge in [0, 0.05) is 5.56 Å². The summed E-state index contributed by atoms with van der Waals surface area (Å²) in [6.07, 6.45) is 0.850. The highest BCUT2D eigenvalue weighted by atomic mass is 16.7. The van der Waals surface area contributed by atoms with E-state index in [0.29, 0.717) is 13.2 Å². The van der Waals surface area contributed by atoms with Crippen LogP contribution in [0.4, 0.5) is 0 Å². The molecule has 4 nitrogen and oxygen atoms in total. The molecule has 1 aliphatic heterocycles. The Morgan fingerprint density at radius 1 is 1.19 bits per heavy atom. The first-order valence-corrected chi connectivity index (χ1v) is 8.92. The molecule has 3 rings (SSSR count). The fourth-order valence-corrected chi connectivity index (χ4v) is 3.52. The Hall–Kier alpha value is -2.17. The molecule has 0 saturated carbocycles. The van der Waals surface area contributed by atoms with Crippen LogP contribution in [0.1, 0.15) is 40.9 Å². The van der Waals surface area contributed by atoms with Gasteiger partial charge in [0.15, 0.2) is 5.79 Å². The van der Waals surface area contributed by atoms with E-state index in [1.54, 1.807) is 0 Å². The van der Waals surface area contributed by atoms with Crippen LogP contribution in [-0.2, 0) is 9.47 Å². The standard InChI is InChI=1S/C22H26O4/c1-14-9-18(24-12-19-13-25-22(4,5)26-19)10-15(2)21(14)20-8-6-7-17(11-23)16(20)3/h6-11,19H,12-13H2,1-5H3/t19-/m0/s1. The molecule has 4 heteroatoms. The molecule has 2 aromatic carbocycles. The Balaban J connectivity index is 1.82. The zero-order valence-electron chi connectivity index (χ0n) is 16.1. The summed E-state index contributed by atoms with van der Waals surface area (Å²) in [7, 11) is 0. The lowest BCUT2D eigenvalue weighted by atomic mass is 9.90. The van der Waals surface area contributed by atoms with Crippen LogP contribution in [0.5, 0.6) is 5.75 Å². The van der Waals surface area contributed by atoms with Crippen molar-refractivity contribution in [2.75, 3.05) is 13.2 Å². The first-order chi connectivity index (χ1) is 12.3. The van der Waals surface area contributed by atoms with Crippen LogP contribution in [-0.4, -0.2) is 31.4 Å². The van der Waals surface area contributed by atoms with Gasteiger partial charge in [-0.1, -0.05) is 18.2 Å². The van der Waals surface area contributed by atoms with Crippen molar-refractivity contribution in [1.82, 2.24) is 0 Å². The molecule has 0 spiro atoms. The van der Waals surface area contributed by atoms with Crippen LogP contribution in [0.15, 0.2) is 30.3 Å². The number of benzene rings is 2. The van der Waals surface area contributed by atoms with E-state index in [0.717, 1.165) is 45.4 Å². The molecule has 0 aromatic heterocycles. The fourth-order valence-electron chi connectivity index (χ4n) is 3.52. The van der Waals surface area contributed by atoms with Crippen LogP contribution in [0.2, 0.25) is 0 Å². The Kier molecular flexibility index (Phi) is 5.17. The number of rotatable bonds is 5. The SMILES string of the molecule is Cc1cc(OC[C@H]2COC(C)(C)O2)cc(C)c1-c1cccc(C=O)c1C. The van der Waals surface area contributed by atoms with Crippen LogP contribution in [0, 0.1) is 20.8 Å². The summed E-state index contributed by atoms with van der Waals surface area (Å²) in [5, 5.41) is 0. The second-order valence-corrected chi connectivity index (χ2v) is 7.33. The normalized spacial score (nSPS) is 18.7. The molecule has 1 fully saturated rings. The van der Waals surface area contributed by atoms with Crippen LogP contribution in [0.25, 0.3) is 11.1 Å². The first kappa shape index (κ1) is 18.6. The van der Waals surface area contributed by atoms with E-state index in [1.807, 2.05) is 45.0 Å². The maximum Gasteiger partial charge on any atom is 0.163 e. The molecular formula is C22H26O4. The van der Waals surface area contributed by atoms with Crippen LogP contribution < -0.4 is 4.74 Å². The summed E-state index contributed by atoms with van der Waals surface area (Å²) in [5.74, 6) is 0.284. The molecule has 1 saturated heterocycles. The lowest BCUT2D eigenvalue weighted by Gasteiger charge is -2.19. The highest BCUT2D eigenvalue weighted by Crippen LogP contribution is 2.34. The minimum Gasteiger partial charge on any atom is -0.491 e. The molecule has 0 bridgehead atoms. The summed E-state index contributed by atoms with van der Waals surface area (Å²) < 4.78 is 17.3. The maximum atomic E-state index is 11.2. The number of ether oxygens (including phenoxy) is 3. The molecule has 1 heterocycles. The zero-order chi connectivity index (χ0) is 18.9. The summed E-state index contributed by atoms with van der Waals surface area (Å²) in [4.78, 5) is 11.2. The number of aryl methyl sites for hydroxylation is 2. The van der Waals surface area contributed by atoms with Gasteiger partial charge < -0.3 is 14.2 Å². The quantitative estimate of drug-likeness (QED) is 0.735. The molecule has 138 valence electrons. The molecule has 0 N–H and O–H groups in total. The molecule has 1 aliphatic rings. The Morgan fingerprint density at radius 2 is 1.88 bits per heavy atom. The van der Waals surface area contributed by atoms with Crippen molar-refractivity contribution >= 4 is 6.29 Å². The third kappa shape index (κ3) is 3.81. The number of aldehydes is 1. The molecule has 0 amide bonds. The number of carbonyl (C=O) groups excluding carboxylic acids is 1. The first-order valence-electron chi connectivity index (χ1n) is 8.92. The topological polar surface area (TPSA) is 44.8 Å². The summed E-state index contributed by atoms with van der Waals surface area (Å²) in [6, 6.07) is 9.91. The highest BCUT2D eigenvalue weighted by Gasteiger charge is 2.33. The largest absolute Gasteiger partial charge is 0.491 e. The van der Waals surface area contributed by atoms with Gasteiger partial charge in [-0.25, -0.2) is 0 Å². The predicted molar refractivity (Wildman–Crippen MR) is 102 cm³/mol. The van der Waals surface area contributed by atoms with E-state index in [4.69, 9.17) is 14.2 Å². The van der Waals surface area contributed by atoms with E-state index in [-0.39, 0.29) is 6.10 Å². The van der Waals surface area contributed by atoms with E-state index in [9.17, 15) is 4.79 Å². The summed E-state index contributed by atoms with van der Waals surface area (Å²) >= 11 is 0. The number of hydrogen-bond acceptors (Lipinski definition) is 4. The van der Waals surface area contributed by atoms with Gasteiger partial charge in [-0.3, -0.25) is 4.79 Å². The van der Waals surface area contributed by atoms with Gasteiger partial charge in [0.05, 0.1) is 6.61 Å². The minimum atomic E-state index is -0.537. The monoisotopic (exact) mass is 354 g/mol. The van der Waals surface area contributed by atoms with Gasteiger partial charge >= 0.3 is 0 Å². The van der Waals surface area contributed by atoms with Gasteiger partial charge in [0.1, 0.15) is 24.7 Å². The Bertz CT molecular complexity index is 800. The molecule has 2 aromatic rings.